The zero-order valence-electron chi connectivity index (χ0n) is 9.51. The fourth-order valence-corrected chi connectivity index (χ4v) is 0.979. The molecule has 0 aliphatic heterocycles. The molecule has 0 saturated carbocycles. The van der Waals surface area contributed by atoms with Crippen LogP contribution in [0.1, 0.15) is 6.92 Å². The third-order valence-corrected chi connectivity index (χ3v) is 1.92. The van der Waals surface area contributed by atoms with Crippen LogP contribution in [-0.2, 0) is 14.3 Å². The minimum atomic E-state index is -1.09. The Bertz CT molecular complexity index is 254. The zero-order chi connectivity index (χ0) is 12.6. The van der Waals surface area contributed by atoms with Crippen LogP contribution in [0.3, 0.4) is 0 Å². The summed E-state index contributed by atoms with van der Waals surface area (Å²) in [7, 11) is 1.47. The van der Waals surface area contributed by atoms with Crippen molar-refractivity contribution in [1.82, 2.24) is 4.90 Å². The average molecular weight is 231 g/mol. The maximum absolute atomic E-state index is 11.5. The van der Waals surface area contributed by atoms with Gasteiger partial charge in [0.1, 0.15) is 12.6 Å². The number of amides is 1. The molecule has 1 atom stereocenters. The van der Waals surface area contributed by atoms with Crippen molar-refractivity contribution in [2.75, 3.05) is 26.9 Å². The molecule has 0 aliphatic carbocycles. The molecule has 0 bridgehead atoms. The number of aliphatic carboxylic acids is 1. The second-order valence-electron chi connectivity index (χ2n) is 3.07. The Kier molecular flexibility index (Phi) is 6.95. The van der Waals surface area contributed by atoms with Gasteiger partial charge in [0.15, 0.2) is 0 Å². The van der Waals surface area contributed by atoms with E-state index in [1.54, 1.807) is 0 Å². The minimum Gasteiger partial charge on any atom is -0.480 e. The Morgan fingerprint density at radius 3 is 2.62 bits per heavy atom. The van der Waals surface area contributed by atoms with Crippen molar-refractivity contribution in [3.63, 3.8) is 0 Å². The summed E-state index contributed by atoms with van der Waals surface area (Å²) in [4.78, 5) is 23.4. The van der Waals surface area contributed by atoms with Gasteiger partial charge in [-0.05, 0) is 6.92 Å². The molecule has 0 aliphatic rings. The standard InChI is InChI=1S/C10H17NO5/c1-4-6-16-10(14)11(5-7-15-3)8(2)9(12)13/h4,8H,1,5-7H2,2-3H3,(H,12,13). The van der Waals surface area contributed by atoms with Crippen molar-refractivity contribution >= 4 is 12.1 Å². The molecule has 6 nitrogen and oxygen atoms in total. The number of hydrogen-bond acceptors (Lipinski definition) is 4. The fraction of sp³-hybridized carbons (Fsp3) is 0.600. The lowest BCUT2D eigenvalue weighted by Crippen LogP contribution is -2.45. The number of carbonyl (C=O) groups excluding carboxylic acids is 1. The number of carboxylic acids is 1. The van der Waals surface area contributed by atoms with Gasteiger partial charge < -0.3 is 14.6 Å². The lowest BCUT2D eigenvalue weighted by molar-refractivity contribution is -0.142. The second kappa shape index (κ2) is 7.70. The molecule has 1 unspecified atom stereocenters. The topological polar surface area (TPSA) is 76.1 Å². The summed E-state index contributed by atoms with van der Waals surface area (Å²) >= 11 is 0. The first-order valence-corrected chi connectivity index (χ1v) is 4.80. The van der Waals surface area contributed by atoms with Crippen LogP contribution < -0.4 is 0 Å². The maximum Gasteiger partial charge on any atom is 0.410 e. The van der Waals surface area contributed by atoms with Crippen LogP contribution in [0.25, 0.3) is 0 Å². The van der Waals surface area contributed by atoms with E-state index in [4.69, 9.17) is 14.6 Å². The number of carbonyl (C=O) groups is 2. The summed E-state index contributed by atoms with van der Waals surface area (Å²) in [6.07, 6.45) is 0.726. The van der Waals surface area contributed by atoms with Gasteiger partial charge in [-0.1, -0.05) is 12.7 Å². The van der Waals surface area contributed by atoms with Crippen LogP contribution >= 0.6 is 0 Å². The van der Waals surface area contributed by atoms with Gasteiger partial charge in [0, 0.05) is 13.7 Å². The number of nitrogens with zero attached hydrogens (tertiary/aromatic N) is 1. The van der Waals surface area contributed by atoms with E-state index in [1.807, 2.05) is 0 Å². The fourth-order valence-electron chi connectivity index (χ4n) is 0.979. The number of methoxy groups -OCH3 is 1. The first kappa shape index (κ1) is 14.4. The smallest absolute Gasteiger partial charge is 0.410 e. The van der Waals surface area contributed by atoms with E-state index in [-0.39, 0.29) is 19.8 Å². The van der Waals surface area contributed by atoms with E-state index in [1.165, 1.54) is 20.1 Å². The third-order valence-electron chi connectivity index (χ3n) is 1.92. The number of ether oxygens (including phenoxy) is 2. The van der Waals surface area contributed by atoms with Crippen LogP contribution in [0.4, 0.5) is 4.79 Å². The highest BCUT2D eigenvalue weighted by Gasteiger charge is 2.26. The van der Waals surface area contributed by atoms with Gasteiger partial charge in [-0.3, -0.25) is 4.90 Å². The van der Waals surface area contributed by atoms with Crippen LogP contribution in [0.2, 0.25) is 0 Å². The predicted molar refractivity (Wildman–Crippen MR) is 57.2 cm³/mol. The van der Waals surface area contributed by atoms with E-state index < -0.39 is 18.1 Å². The van der Waals surface area contributed by atoms with Crippen molar-refractivity contribution < 1.29 is 24.2 Å². The number of carboxylic acid groups (broad SMARTS) is 1. The molecule has 0 saturated heterocycles. The lowest BCUT2D eigenvalue weighted by Gasteiger charge is -2.25. The summed E-state index contributed by atoms with van der Waals surface area (Å²) in [5, 5.41) is 8.82. The Balaban J connectivity index is 4.45. The van der Waals surface area contributed by atoms with Gasteiger partial charge in [-0.25, -0.2) is 9.59 Å². The maximum atomic E-state index is 11.5. The molecule has 0 fully saturated rings. The van der Waals surface area contributed by atoms with Gasteiger partial charge >= 0.3 is 12.1 Å². The third kappa shape index (κ3) is 4.79. The van der Waals surface area contributed by atoms with Crippen LogP contribution in [0, 0.1) is 0 Å². The molecule has 0 radical (unpaired) electrons. The summed E-state index contributed by atoms with van der Waals surface area (Å²) in [6.45, 7) is 5.27. The molecule has 1 amide bonds. The van der Waals surface area contributed by atoms with Crippen LogP contribution in [-0.4, -0.2) is 55.0 Å². The lowest BCUT2D eigenvalue weighted by atomic mass is 10.3. The van der Waals surface area contributed by atoms with Crippen LogP contribution in [0.5, 0.6) is 0 Å². The Labute approximate surface area is 94.4 Å². The summed E-state index contributed by atoms with van der Waals surface area (Å²) in [5.74, 6) is -1.09. The van der Waals surface area contributed by atoms with Gasteiger partial charge in [0.2, 0.25) is 0 Å². The first-order valence-electron chi connectivity index (χ1n) is 4.80. The van der Waals surface area contributed by atoms with Gasteiger partial charge in [0.25, 0.3) is 0 Å². The average Bonchev–Trinajstić information content (AvgIpc) is 2.26. The highest BCUT2D eigenvalue weighted by atomic mass is 16.6. The molecular weight excluding hydrogens is 214 g/mol. The molecule has 0 rings (SSSR count). The second-order valence-corrected chi connectivity index (χ2v) is 3.07. The molecule has 1 N–H and O–H groups in total. The van der Waals surface area contributed by atoms with E-state index in [0.29, 0.717) is 0 Å². The Morgan fingerprint density at radius 2 is 2.19 bits per heavy atom. The SMILES string of the molecule is C=CCOC(=O)N(CCOC)C(C)C(=O)O. The summed E-state index contributed by atoms with van der Waals surface area (Å²) in [6, 6.07) is -0.951. The molecule has 0 aromatic rings. The van der Waals surface area contributed by atoms with Gasteiger partial charge in [-0.15, -0.1) is 0 Å². The van der Waals surface area contributed by atoms with Crippen molar-refractivity contribution in [3.8, 4) is 0 Å². The molecule has 0 heterocycles. The monoisotopic (exact) mass is 231 g/mol. The first-order chi connectivity index (χ1) is 7.54. The molecule has 16 heavy (non-hydrogen) atoms. The quantitative estimate of drug-likeness (QED) is 0.654. The molecule has 0 spiro atoms. The van der Waals surface area contributed by atoms with Crippen molar-refractivity contribution in [3.05, 3.63) is 12.7 Å². The van der Waals surface area contributed by atoms with Gasteiger partial charge in [-0.2, -0.15) is 0 Å². The van der Waals surface area contributed by atoms with E-state index in [9.17, 15) is 9.59 Å². The molecule has 0 aromatic heterocycles. The summed E-state index contributed by atoms with van der Waals surface area (Å²) in [5.41, 5.74) is 0. The zero-order valence-corrected chi connectivity index (χ0v) is 9.51. The highest BCUT2D eigenvalue weighted by molar-refractivity contribution is 5.79. The van der Waals surface area contributed by atoms with Gasteiger partial charge in [0.05, 0.1) is 6.61 Å². The molecule has 6 heteroatoms. The van der Waals surface area contributed by atoms with Crippen molar-refractivity contribution in [2.24, 2.45) is 0 Å². The Hall–Kier alpha value is -1.56. The van der Waals surface area contributed by atoms with Crippen molar-refractivity contribution in [2.45, 2.75) is 13.0 Å². The van der Waals surface area contributed by atoms with Crippen LogP contribution in [0.15, 0.2) is 12.7 Å². The highest BCUT2D eigenvalue weighted by Crippen LogP contribution is 2.03. The molecule has 92 valence electrons. The normalized spacial score (nSPS) is 11.6. The number of rotatable bonds is 7. The summed E-state index contributed by atoms with van der Waals surface area (Å²) < 4.78 is 9.57. The van der Waals surface area contributed by atoms with E-state index in [2.05, 4.69) is 6.58 Å². The van der Waals surface area contributed by atoms with Crippen molar-refractivity contribution in [1.29, 1.82) is 0 Å². The minimum absolute atomic E-state index is 0.0503. The Morgan fingerprint density at radius 1 is 1.56 bits per heavy atom. The molecule has 0 aromatic carbocycles. The van der Waals surface area contributed by atoms with E-state index in [0.717, 1.165) is 4.90 Å². The largest absolute Gasteiger partial charge is 0.480 e. The number of hydrogen-bond donors (Lipinski definition) is 1. The molecular formula is C10H17NO5. The predicted octanol–water partition coefficient (Wildman–Crippen LogP) is 0.731. The van der Waals surface area contributed by atoms with E-state index >= 15 is 0 Å².